The highest BCUT2D eigenvalue weighted by molar-refractivity contribution is 9.09. The molecule has 0 fully saturated rings. The third-order valence-corrected chi connectivity index (χ3v) is 3.59. The second kappa shape index (κ2) is 6.80. The maximum Gasteiger partial charge on any atom is 0.251 e. The predicted octanol–water partition coefficient (Wildman–Crippen LogP) is 3.60. The summed E-state index contributed by atoms with van der Waals surface area (Å²) in [6.07, 6.45) is 1.93. The molecule has 94 valence electrons. The zero-order valence-corrected chi connectivity index (χ0v) is 12.3. The van der Waals surface area contributed by atoms with Crippen molar-refractivity contribution in [1.82, 2.24) is 5.32 Å². The van der Waals surface area contributed by atoms with Gasteiger partial charge in [-0.05, 0) is 43.9 Å². The van der Waals surface area contributed by atoms with E-state index < -0.39 is 0 Å². The normalized spacial score (nSPS) is 12.2. The van der Waals surface area contributed by atoms with Crippen LogP contribution in [-0.2, 0) is 0 Å². The van der Waals surface area contributed by atoms with Crippen molar-refractivity contribution in [3.05, 3.63) is 34.9 Å². The van der Waals surface area contributed by atoms with Crippen molar-refractivity contribution in [3.63, 3.8) is 0 Å². The van der Waals surface area contributed by atoms with E-state index >= 15 is 0 Å². The van der Waals surface area contributed by atoms with Crippen LogP contribution in [0.3, 0.4) is 0 Å². The number of alkyl halides is 1. The first-order valence-electron chi connectivity index (χ1n) is 6.03. The molecule has 1 aromatic rings. The monoisotopic (exact) mass is 297 g/mol. The number of carbonyl (C=O) groups is 1. The molecule has 1 amide bonds. The minimum Gasteiger partial charge on any atom is -0.349 e. The van der Waals surface area contributed by atoms with Crippen LogP contribution in [0.25, 0.3) is 0 Å². The molecule has 1 aromatic carbocycles. The second-order valence-corrected chi connectivity index (χ2v) is 5.10. The molecule has 0 spiro atoms. The number of nitrogens with one attached hydrogen (secondary N) is 1. The summed E-state index contributed by atoms with van der Waals surface area (Å²) in [4.78, 5) is 12.1. The molecule has 3 heteroatoms. The van der Waals surface area contributed by atoms with Gasteiger partial charge in [-0.1, -0.05) is 35.0 Å². The predicted molar refractivity (Wildman–Crippen MR) is 75.9 cm³/mol. The molecule has 1 rings (SSSR count). The van der Waals surface area contributed by atoms with Gasteiger partial charge in [0.05, 0.1) is 0 Å². The van der Waals surface area contributed by atoms with Crippen LogP contribution in [0.1, 0.15) is 41.3 Å². The topological polar surface area (TPSA) is 29.1 Å². The van der Waals surface area contributed by atoms with Gasteiger partial charge in [0, 0.05) is 16.9 Å². The van der Waals surface area contributed by atoms with E-state index in [-0.39, 0.29) is 11.9 Å². The van der Waals surface area contributed by atoms with Crippen molar-refractivity contribution in [2.24, 2.45) is 0 Å². The molecule has 0 radical (unpaired) electrons. The summed E-state index contributed by atoms with van der Waals surface area (Å²) in [5.41, 5.74) is 3.02. The van der Waals surface area contributed by atoms with E-state index in [2.05, 4.69) is 28.2 Å². The molecule has 0 aliphatic carbocycles. The lowest BCUT2D eigenvalue weighted by molar-refractivity contribution is 0.0934. The molecule has 0 heterocycles. The highest BCUT2D eigenvalue weighted by Gasteiger charge is 2.13. The minimum atomic E-state index is 0.0407. The van der Waals surface area contributed by atoms with Crippen LogP contribution < -0.4 is 5.32 Å². The number of benzene rings is 1. The van der Waals surface area contributed by atoms with Gasteiger partial charge < -0.3 is 5.32 Å². The first-order valence-corrected chi connectivity index (χ1v) is 7.15. The van der Waals surface area contributed by atoms with Gasteiger partial charge in [0.1, 0.15) is 0 Å². The summed E-state index contributed by atoms with van der Waals surface area (Å²) in [6.45, 7) is 6.12. The van der Waals surface area contributed by atoms with E-state index in [0.29, 0.717) is 0 Å². The van der Waals surface area contributed by atoms with Crippen molar-refractivity contribution >= 4 is 21.8 Å². The minimum absolute atomic E-state index is 0.0407. The zero-order valence-electron chi connectivity index (χ0n) is 10.7. The highest BCUT2D eigenvalue weighted by Crippen LogP contribution is 2.13. The lowest BCUT2D eigenvalue weighted by Crippen LogP contribution is -2.35. The maximum absolute atomic E-state index is 12.1. The number of rotatable bonds is 5. The van der Waals surface area contributed by atoms with Gasteiger partial charge in [-0.2, -0.15) is 0 Å². The van der Waals surface area contributed by atoms with Crippen molar-refractivity contribution in [3.8, 4) is 0 Å². The Balaban J connectivity index is 2.79. The Hall–Kier alpha value is -0.830. The standard InChI is InChI=1S/C14H20BrNO/c1-4-12(8-9-15)16-14(17)13-7-5-6-10(2)11(13)3/h5-7,12H,4,8-9H2,1-3H3,(H,16,17). The second-order valence-electron chi connectivity index (χ2n) is 4.30. The van der Waals surface area contributed by atoms with Crippen molar-refractivity contribution in [2.45, 2.75) is 39.7 Å². The lowest BCUT2D eigenvalue weighted by atomic mass is 10.0. The molecule has 1 N–H and O–H groups in total. The molecule has 0 aliphatic rings. The Kier molecular flexibility index (Phi) is 5.69. The fraction of sp³-hybridized carbons (Fsp3) is 0.500. The number of hydrogen-bond acceptors (Lipinski definition) is 1. The number of hydrogen-bond donors (Lipinski definition) is 1. The van der Waals surface area contributed by atoms with Crippen LogP contribution in [0.15, 0.2) is 18.2 Å². The number of carbonyl (C=O) groups excluding carboxylic acids is 1. The van der Waals surface area contributed by atoms with E-state index in [9.17, 15) is 4.79 Å². The van der Waals surface area contributed by atoms with Crippen molar-refractivity contribution < 1.29 is 4.79 Å². The van der Waals surface area contributed by atoms with Gasteiger partial charge in [-0.3, -0.25) is 4.79 Å². The smallest absolute Gasteiger partial charge is 0.251 e. The molecule has 17 heavy (non-hydrogen) atoms. The molecular formula is C14H20BrNO. The van der Waals surface area contributed by atoms with Crippen LogP contribution in [0.5, 0.6) is 0 Å². The summed E-state index contributed by atoms with van der Waals surface area (Å²) >= 11 is 3.41. The van der Waals surface area contributed by atoms with Crippen LogP contribution in [0.2, 0.25) is 0 Å². The summed E-state index contributed by atoms with van der Waals surface area (Å²) in [7, 11) is 0. The van der Waals surface area contributed by atoms with Crippen LogP contribution in [-0.4, -0.2) is 17.3 Å². The first kappa shape index (κ1) is 14.2. The summed E-state index contributed by atoms with van der Waals surface area (Å²) in [5, 5.41) is 4.00. The Labute approximate surface area is 112 Å². The van der Waals surface area contributed by atoms with E-state index in [4.69, 9.17) is 0 Å². The van der Waals surface area contributed by atoms with E-state index in [1.54, 1.807) is 0 Å². The van der Waals surface area contributed by atoms with Crippen LogP contribution >= 0.6 is 15.9 Å². The van der Waals surface area contributed by atoms with Gasteiger partial charge in [0.2, 0.25) is 0 Å². The Morgan fingerprint density at radius 1 is 1.41 bits per heavy atom. The largest absolute Gasteiger partial charge is 0.349 e. The number of halogens is 1. The SMILES string of the molecule is CCC(CCBr)NC(=O)c1cccc(C)c1C. The van der Waals surface area contributed by atoms with Crippen molar-refractivity contribution in [1.29, 1.82) is 0 Å². The van der Waals surface area contributed by atoms with E-state index in [0.717, 1.165) is 34.9 Å². The summed E-state index contributed by atoms with van der Waals surface area (Å²) in [6, 6.07) is 6.10. The fourth-order valence-corrected chi connectivity index (χ4v) is 2.32. The third-order valence-electron chi connectivity index (χ3n) is 3.13. The van der Waals surface area contributed by atoms with E-state index in [1.165, 1.54) is 0 Å². The maximum atomic E-state index is 12.1. The molecular weight excluding hydrogens is 278 g/mol. The van der Waals surface area contributed by atoms with Gasteiger partial charge in [0.25, 0.3) is 5.91 Å². The van der Waals surface area contributed by atoms with E-state index in [1.807, 2.05) is 32.0 Å². The molecule has 1 unspecified atom stereocenters. The molecule has 0 saturated heterocycles. The third kappa shape index (κ3) is 3.84. The van der Waals surface area contributed by atoms with Crippen LogP contribution in [0.4, 0.5) is 0 Å². The van der Waals surface area contributed by atoms with Gasteiger partial charge in [0.15, 0.2) is 0 Å². The molecule has 0 saturated carbocycles. The molecule has 0 aliphatic heterocycles. The Bertz CT molecular complexity index is 390. The highest BCUT2D eigenvalue weighted by atomic mass is 79.9. The Morgan fingerprint density at radius 2 is 2.12 bits per heavy atom. The molecule has 1 atom stereocenters. The van der Waals surface area contributed by atoms with Gasteiger partial charge in [-0.25, -0.2) is 0 Å². The Morgan fingerprint density at radius 3 is 2.71 bits per heavy atom. The molecule has 2 nitrogen and oxygen atoms in total. The average molecular weight is 298 g/mol. The molecule has 0 aromatic heterocycles. The quantitative estimate of drug-likeness (QED) is 0.827. The first-order chi connectivity index (χ1) is 8.10. The fourth-order valence-electron chi connectivity index (χ4n) is 1.77. The molecule has 0 bridgehead atoms. The summed E-state index contributed by atoms with van der Waals surface area (Å²) < 4.78 is 0. The zero-order chi connectivity index (χ0) is 12.8. The lowest BCUT2D eigenvalue weighted by Gasteiger charge is -2.17. The summed E-state index contributed by atoms with van der Waals surface area (Å²) in [5.74, 6) is 0.0407. The van der Waals surface area contributed by atoms with Crippen LogP contribution in [0, 0.1) is 13.8 Å². The van der Waals surface area contributed by atoms with Crippen molar-refractivity contribution in [2.75, 3.05) is 5.33 Å². The number of amides is 1. The van der Waals surface area contributed by atoms with Gasteiger partial charge >= 0.3 is 0 Å². The van der Waals surface area contributed by atoms with Gasteiger partial charge in [-0.15, -0.1) is 0 Å². The average Bonchev–Trinajstić information content (AvgIpc) is 2.31. The number of aryl methyl sites for hydroxylation is 1.